The summed E-state index contributed by atoms with van der Waals surface area (Å²) in [7, 11) is 1.93. The smallest absolute Gasteiger partial charge is 0.253 e. The Morgan fingerprint density at radius 2 is 1.96 bits per heavy atom. The van der Waals surface area contributed by atoms with Crippen LogP contribution >= 0.6 is 0 Å². The highest BCUT2D eigenvalue weighted by atomic mass is 16.3. The molecule has 1 saturated heterocycles. The van der Waals surface area contributed by atoms with Crippen molar-refractivity contribution in [3.05, 3.63) is 29.8 Å². The van der Waals surface area contributed by atoms with Crippen LogP contribution in [0.3, 0.4) is 0 Å². The second kappa shape index (κ2) is 8.49. The van der Waals surface area contributed by atoms with Crippen molar-refractivity contribution in [1.29, 1.82) is 0 Å². The molecule has 0 aliphatic carbocycles. The molecule has 5 nitrogen and oxygen atoms in total. The Kier molecular flexibility index (Phi) is 6.63. The van der Waals surface area contributed by atoms with Crippen LogP contribution in [0.5, 0.6) is 0 Å². The van der Waals surface area contributed by atoms with Crippen molar-refractivity contribution in [3.8, 4) is 0 Å². The third-order valence-corrected chi connectivity index (χ3v) is 4.94. The highest BCUT2D eigenvalue weighted by Crippen LogP contribution is 2.19. The SMILES string of the molecule is CC[C@@H]1CN(C(=O)c2ccc(N(C)CCO)cc2)CCN1C(C)C. The summed E-state index contributed by atoms with van der Waals surface area (Å²) in [6, 6.07) is 8.64. The lowest BCUT2D eigenvalue weighted by atomic mass is 10.1. The number of rotatable bonds is 6. The van der Waals surface area contributed by atoms with E-state index in [4.69, 9.17) is 5.11 Å². The first-order chi connectivity index (χ1) is 11.5. The molecule has 0 spiro atoms. The Hall–Kier alpha value is -1.59. The van der Waals surface area contributed by atoms with Gasteiger partial charge in [-0.05, 0) is 44.5 Å². The van der Waals surface area contributed by atoms with E-state index in [1.165, 1.54) is 0 Å². The van der Waals surface area contributed by atoms with Gasteiger partial charge in [-0.2, -0.15) is 0 Å². The molecule has 24 heavy (non-hydrogen) atoms. The lowest BCUT2D eigenvalue weighted by molar-refractivity contribution is 0.0371. The molecule has 1 aliphatic rings. The first kappa shape index (κ1) is 18.7. The molecule has 2 rings (SSSR count). The van der Waals surface area contributed by atoms with Crippen molar-refractivity contribution in [1.82, 2.24) is 9.80 Å². The summed E-state index contributed by atoms with van der Waals surface area (Å²) >= 11 is 0. The van der Waals surface area contributed by atoms with Gasteiger partial charge in [0.2, 0.25) is 0 Å². The Labute approximate surface area is 145 Å². The van der Waals surface area contributed by atoms with Crippen molar-refractivity contribution in [2.24, 2.45) is 0 Å². The van der Waals surface area contributed by atoms with Crippen LogP contribution in [-0.2, 0) is 0 Å². The molecule has 1 atom stereocenters. The van der Waals surface area contributed by atoms with Crippen LogP contribution in [0.25, 0.3) is 0 Å². The minimum absolute atomic E-state index is 0.119. The van der Waals surface area contributed by atoms with Gasteiger partial charge < -0.3 is 14.9 Å². The molecular weight excluding hydrogens is 302 g/mol. The second-order valence-electron chi connectivity index (χ2n) is 6.84. The number of carbonyl (C=O) groups is 1. The fraction of sp³-hybridized carbons (Fsp3) is 0.632. The van der Waals surface area contributed by atoms with Gasteiger partial charge in [-0.3, -0.25) is 9.69 Å². The van der Waals surface area contributed by atoms with E-state index in [1.807, 2.05) is 41.1 Å². The number of benzene rings is 1. The molecule has 1 aromatic carbocycles. The van der Waals surface area contributed by atoms with E-state index >= 15 is 0 Å². The van der Waals surface area contributed by atoms with Crippen LogP contribution in [0.2, 0.25) is 0 Å². The number of aliphatic hydroxyl groups excluding tert-OH is 1. The maximum atomic E-state index is 12.8. The third kappa shape index (κ3) is 4.28. The number of carbonyl (C=O) groups excluding carboxylic acids is 1. The molecule has 1 heterocycles. The van der Waals surface area contributed by atoms with Crippen molar-refractivity contribution in [2.45, 2.75) is 39.3 Å². The summed E-state index contributed by atoms with van der Waals surface area (Å²) in [6.07, 6.45) is 1.06. The molecule has 1 aliphatic heterocycles. The van der Waals surface area contributed by atoms with Crippen molar-refractivity contribution in [2.75, 3.05) is 44.7 Å². The quantitative estimate of drug-likeness (QED) is 0.866. The monoisotopic (exact) mass is 333 g/mol. The van der Waals surface area contributed by atoms with Crippen molar-refractivity contribution >= 4 is 11.6 Å². The Morgan fingerprint density at radius 1 is 1.29 bits per heavy atom. The van der Waals surface area contributed by atoms with Gasteiger partial charge in [-0.25, -0.2) is 0 Å². The van der Waals surface area contributed by atoms with Gasteiger partial charge in [0.05, 0.1) is 6.61 Å². The van der Waals surface area contributed by atoms with E-state index < -0.39 is 0 Å². The van der Waals surface area contributed by atoms with Crippen LogP contribution in [-0.4, -0.2) is 72.7 Å². The van der Waals surface area contributed by atoms with Crippen LogP contribution in [0, 0.1) is 0 Å². The maximum Gasteiger partial charge on any atom is 0.253 e. The van der Waals surface area contributed by atoms with Crippen LogP contribution in [0.4, 0.5) is 5.69 Å². The number of anilines is 1. The Balaban J connectivity index is 2.04. The molecule has 5 heteroatoms. The highest BCUT2D eigenvalue weighted by Gasteiger charge is 2.30. The summed E-state index contributed by atoms with van der Waals surface area (Å²) in [6.45, 7) is 9.89. The lowest BCUT2D eigenvalue weighted by Gasteiger charge is -2.43. The number of hydrogen-bond donors (Lipinski definition) is 1. The molecule has 0 radical (unpaired) electrons. The van der Waals surface area contributed by atoms with Gasteiger partial charge in [0, 0.05) is 56.6 Å². The number of likely N-dealkylation sites (N-methyl/N-ethyl adjacent to an activating group) is 1. The summed E-state index contributed by atoms with van der Waals surface area (Å²) < 4.78 is 0. The first-order valence-corrected chi connectivity index (χ1v) is 8.95. The lowest BCUT2D eigenvalue weighted by Crippen LogP contribution is -2.56. The van der Waals surface area contributed by atoms with Crippen LogP contribution < -0.4 is 4.90 Å². The first-order valence-electron chi connectivity index (χ1n) is 8.95. The van der Waals surface area contributed by atoms with E-state index in [-0.39, 0.29) is 12.5 Å². The maximum absolute atomic E-state index is 12.8. The minimum atomic E-state index is 0.119. The predicted octanol–water partition coefficient (Wildman–Crippen LogP) is 2.06. The van der Waals surface area contributed by atoms with Gasteiger partial charge in [0.15, 0.2) is 0 Å². The molecule has 0 aromatic heterocycles. The summed E-state index contributed by atoms with van der Waals surface area (Å²) in [5, 5.41) is 9.01. The average molecular weight is 333 g/mol. The van der Waals surface area contributed by atoms with Crippen LogP contribution in [0.15, 0.2) is 24.3 Å². The fourth-order valence-corrected chi connectivity index (χ4v) is 3.42. The molecule has 0 saturated carbocycles. The number of aliphatic hydroxyl groups is 1. The molecule has 1 aromatic rings. The van der Waals surface area contributed by atoms with Crippen LogP contribution in [0.1, 0.15) is 37.6 Å². The third-order valence-electron chi connectivity index (χ3n) is 4.94. The van der Waals surface area contributed by atoms with E-state index in [0.717, 1.165) is 37.3 Å². The molecule has 0 bridgehead atoms. The van der Waals surface area contributed by atoms with E-state index in [1.54, 1.807) is 0 Å². The van der Waals surface area contributed by atoms with E-state index in [0.29, 0.717) is 18.6 Å². The van der Waals surface area contributed by atoms with Gasteiger partial charge in [0.1, 0.15) is 0 Å². The number of hydrogen-bond acceptors (Lipinski definition) is 4. The minimum Gasteiger partial charge on any atom is -0.395 e. The molecule has 1 amide bonds. The second-order valence-corrected chi connectivity index (χ2v) is 6.84. The Bertz CT molecular complexity index is 530. The molecule has 134 valence electrons. The number of nitrogens with zero attached hydrogens (tertiary/aromatic N) is 3. The zero-order chi connectivity index (χ0) is 17.7. The van der Waals surface area contributed by atoms with E-state index in [2.05, 4.69) is 25.7 Å². The molecular formula is C19H31N3O2. The molecule has 1 N–H and O–H groups in total. The summed E-state index contributed by atoms with van der Waals surface area (Å²) in [5.41, 5.74) is 1.75. The van der Waals surface area contributed by atoms with Gasteiger partial charge in [-0.15, -0.1) is 0 Å². The zero-order valence-electron chi connectivity index (χ0n) is 15.4. The molecule has 1 fully saturated rings. The normalized spacial score (nSPS) is 18.9. The average Bonchev–Trinajstić information content (AvgIpc) is 2.60. The van der Waals surface area contributed by atoms with Gasteiger partial charge >= 0.3 is 0 Å². The zero-order valence-corrected chi connectivity index (χ0v) is 15.4. The Morgan fingerprint density at radius 3 is 2.50 bits per heavy atom. The van der Waals surface area contributed by atoms with E-state index in [9.17, 15) is 4.79 Å². The topological polar surface area (TPSA) is 47.0 Å². The van der Waals surface area contributed by atoms with Gasteiger partial charge in [0.25, 0.3) is 5.91 Å². The van der Waals surface area contributed by atoms with Crippen molar-refractivity contribution in [3.63, 3.8) is 0 Å². The van der Waals surface area contributed by atoms with Crippen molar-refractivity contribution < 1.29 is 9.90 Å². The number of amides is 1. The van der Waals surface area contributed by atoms with Gasteiger partial charge in [-0.1, -0.05) is 6.92 Å². The predicted molar refractivity (Wildman–Crippen MR) is 98.6 cm³/mol. The number of piperazine rings is 1. The summed E-state index contributed by atoms with van der Waals surface area (Å²) in [4.78, 5) is 19.3. The fourth-order valence-electron chi connectivity index (χ4n) is 3.42. The molecule has 0 unspecified atom stereocenters. The largest absolute Gasteiger partial charge is 0.395 e. The standard InChI is InChI=1S/C19H31N3O2/c1-5-17-14-21(10-11-22(17)15(2)3)19(24)16-6-8-18(9-7-16)20(4)12-13-23/h6-9,15,17,23H,5,10-14H2,1-4H3/t17-/m1/s1. The highest BCUT2D eigenvalue weighted by molar-refractivity contribution is 5.94. The summed E-state index contributed by atoms with van der Waals surface area (Å²) in [5.74, 6) is 0.119.